The van der Waals surface area contributed by atoms with Crippen molar-refractivity contribution in [2.75, 3.05) is 19.1 Å². The lowest BCUT2D eigenvalue weighted by atomic mass is 10.0. The van der Waals surface area contributed by atoms with E-state index in [2.05, 4.69) is 10.3 Å². The molecule has 8 heteroatoms. The first-order valence-electron chi connectivity index (χ1n) is 10.9. The number of furan rings is 1. The number of hydrogen-bond acceptors (Lipinski definition) is 6. The molecule has 2 aromatic heterocycles. The Morgan fingerprint density at radius 3 is 2.42 bits per heavy atom. The van der Waals surface area contributed by atoms with Gasteiger partial charge < -0.3 is 19.2 Å². The van der Waals surface area contributed by atoms with Gasteiger partial charge in [-0.15, -0.1) is 0 Å². The van der Waals surface area contributed by atoms with E-state index in [1.165, 1.54) is 25.4 Å². The van der Waals surface area contributed by atoms with Crippen LogP contribution in [0.4, 0.5) is 5.69 Å². The molecular formula is C25H27N3O5. The number of aromatic nitrogens is 1. The third-order valence-electron chi connectivity index (χ3n) is 5.83. The van der Waals surface area contributed by atoms with Crippen LogP contribution in [0.3, 0.4) is 0 Å². The summed E-state index contributed by atoms with van der Waals surface area (Å²) in [5, 5.41) is 3.14. The van der Waals surface area contributed by atoms with E-state index in [1.54, 1.807) is 54.9 Å². The molecule has 4 rings (SSSR count). The van der Waals surface area contributed by atoms with Crippen molar-refractivity contribution in [2.45, 2.75) is 37.8 Å². The molecule has 1 aliphatic rings. The summed E-state index contributed by atoms with van der Waals surface area (Å²) in [7, 11) is 3.06. The minimum absolute atomic E-state index is 0.0906. The summed E-state index contributed by atoms with van der Waals surface area (Å²) in [5.74, 6) is 0.371. The zero-order valence-electron chi connectivity index (χ0n) is 18.7. The van der Waals surface area contributed by atoms with Gasteiger partial charge in [0.05, 0.1) is 20.5 Å². The van der Waals surface area contributed by atoms with E-state index in [9.17, 15) is 9.59 Å². The Morgan fingerprint density at radius 2 is 1.79 bits per heavy atom. The number of pyridine rings is 1. The summed E-state index contributed by atoms with van der Waals surface area (Å²) in [6.07, 6.45) is 8.66. The summed E-state index contributed by atoms with van der Waals surface area (Å²) < 4.78 is 16.2. The molecule has 1 N–H and O–H groups in total. The first-order chi connectivity index (χ1) is 16.1. The Kier molecular flexibility index (Phi) is 6.92. The average molecular weight is 450 g/mol. The molecule has 0 radical (unpaired) electrons. The summed E-state index contributed by atoms with van der Waals surface area (Å²) in [6, 6.07) is 10.9. The Labute approximate surface area is 192 Å². The predicted octanol–water partition coefficient (Wildman–Crippen LogP) is 4.14. The molecule has 0 spiro atoms. The molecule has 1 atom stereocenters. The van der Waals surface area contributed by atoms with Crippen molar-refractivity contribution < 1.29 is 23.5 Å². The van der Waals surface area contributed by atoms with Gasteiger partial charge in [-0.3, -0.25) is 19.5 Å². The van der Waals surface area contributed by atoms with E-state index >= 15 is 0 Å². The van der Waals surface area contributed by atoms with Gasteiger partial charge in [-0.05, 0) is 54.8 Å². The normalized spacial score (nSPS) is 14.5. The van der Waals surface area contributed by atoms with Crippen LogP contribution in [0.5, 0.6) is 11.5 Å². The van der Waals surface area contributed by atoms with Crippen LogP contribution in [0.2, 0.25) is 0 Å². The van der Waals surface area contributed by atoms with Gasteiger partial charge in [0.1, 0.15) is 6.04 Å². The topological polar surface area (TPSA) is 93.9 Å². The highest BCUT2D eigenvalue weighted by molar-refractivity contribution is 6.08. The molecular weight excluding hydrogens is 422 g/mol. The number of hydrogen-bond donors (Lipinski definition) is 1. The fourth-order valence-corrected chi connectivity index (χ4v) is 4.19. The second kappa shape index (κ2) is 10.2. The fraction of sp³-hybridized carbons (Fsp3) is 0.320. The Morgan fingerprint density at radius 1 is 1.06 bits per heavy atom. The number of nitrogens with one attached hydrogen (secondary N) is 1. The van der Waals surface area contributed by atoms with Crippen LogP contribution in [0, 0.1) is 0 Å². The van der Waals surface area contributed by atoms with E-state index in [-0.39, 0.29) is 17.7 Å². The van der Waals surface area contributed by atoms with Gasteiger partial charge in [-0.25, -0.2) is 0 Å². The van der Waals surface area contributed by atoms with Gasteiger partial charge in [0.2, 0.25) is 5.91 Å². The van der Waals surface area contributed by atoms with Crippen molar-refractivity contribution >= 4 is 17.5 Å². The molecule has 2 heterocycles. The second-order valence-electron chi connectivity index (χ2n) is 7.86. The number of rotatable bonds is 8. The number of carbonyl (C=O) groups is 2. The van der Waals surface area contributed by atoms with Crippen molar-refractivity contribution in [1.29, 1.82) is 0 Å². The molecule has 172 valence electrons. The lowest BCUT2D eigenvalue weighted by Crippen LogP contribution is -2.46. The van der Waals surface area contributed by atoms with Crippen LogP contribution in [0.15, 0.2) is 65.5 Å². The number of amides is 2. The first kappa shape index (κ1) is 22.4. The molecule has 1 fully saturated rings. The molecule has 1 aromatic carbocycles. The van der Waals surface area contributed by atoms with Gasteiger partial charge in [-0.2, -0.15) is 0 Å². The summed E-state index contributed by atoms with van der Waals surface area (Å²) in [5.41, 5.74) is 1.10. The molecule has 1 saturated carbocycles. The zero-order chi connectivity index (χ0) is 23.2. The lowest BCUT2D eigenvalue weighted by Gasteiger charge is -2.32. The number of methoxy groups -OCH3 is 2. The first-order valence-corrected chi connectivity index (χ1v) is 10.9. The lowest BCUT2D eigenvalue weighted by molar-refractivity contribution is -0.123. The largest absolute Gasteiger partial charge is 0.493 e. The van der Waals surface area contributed by atoms with Gasteiger partial charge >= 0.3 is 0 Å². The van der Waals surface area contributed by atoms with Crippen molar-refractivity contribution in [3.8, 4) is 11.5 Å². The number of anilines is 1. The van der Waals surface area contributed by atoms with Gasteiger partial charge in [0, 0.05) is 30.2 Å². The third-order valence-corrected chi connectivity index (χ3v) is 5.83. The van der Waals surface area contributed by atoms with Gasteiger partial charge in [0.25, 0.3) is 5.91 Å². The second-order valence-corrected chi connectivity index (χ2v) is 7.86. The molecule has 0 unspecified atom stereocenters. The molecule has 0 saturated heterocycles. The van der Waals surface area contributed by atoms with Crippen LogP contribution < -0.4 is 19.7 Å². The van der Waals surface area contributed by atoms with Crippen molar-refractivity contribution in [1.82, 2.24) is 10.3 Å². The van der Waals surface area contributed by atoms with Crippen LogP contribution in [0.1, 0.15) is 47.8 Å². The summed E-state index contributed by atoms with van der Waals surface area (Å²) in [4.78, 5) is 32.8. The molecule has 2 amide bonds. The molecule has 1 aliphatic carbocycles. The van der Waals surface area contributed by atoms with Crippen molar-refractivity contribution in [3.05, 3.63) is 72.4 Å². The number of ether oxygens (including phenoxy) is 2. The average Bonchev–Trinajstić information content (AvgIpc) is 3.57. The maximum absolute atomic E-state index is 13.7. The van der Waals surface area contributed by atoms with Crippen LogP contribution in [-0.2, 0) is 4.79 Å². The predicted molar refractivity (Wildman–Crippen MR) is 122 cm³/mol. The minimum atomic E-state index is -0.940. The van der Waals surface area contributed by atoms with Crippen LogP contribution in [0.25, 0.3) is 0 Å². The van der Waals surface area contributed by atoms with Gasteiger partial charge in [0.15, 0.2) is 17.3 Å². The van der Waals surface area contributed by atoms with Crippen LogP contribution >= 0.6 is 0 Å². The molecule has 33 heavy (non-hydrogen) atoms. The maximum atomic E-state index is 13.7. The molecule has 0 bridgehead atoms. The number of carbonyl (C=O) groups excluding carboxylic acids is 2. The quantitative estimate of drug-likeness (QED) is 0.556. The Hall–Kier alpha value is -3.81. The number of nitrogens with zero attached hydrogens (tertiary/aromatic N) is 2. The summed E-state index contributed by atoms with van der Waals surface area (Å²) >= 11 is 0. The van der Waals surface area contributed by atoms with E-state index in [1.807, 2.05) is 0 Å². The van der Waals surface area contributed by atoms with Gasteiger partial charge in [-0.1, -0.05) is 12.8 Å². The maximum Gasteiger partial charge on any atom is 0.294 e. The zero-order valence-corrected chi connectivity index (χ0v) is 18.7. The standard InChI is InChI=1S/C25H27N3O5/c1-31-20-10-9-19(16-22(20)32-2)28(25(30)21-8-5-15-33-21)23(17-11-13-26-14-12-17)24(29)27-18-6-3-4-7-18/h5,8-16,18,23H,3-4,6-7H2,1-2H3,(H,27,29)/t23-/m1/s1. The molecule has 3 aromatic rings. The monoisotopic (exact) mass is 449 g/mol. The Bertz CT molecular complexity index is 1080. The Balaban J connectivity index is 1.82. The van der Waals surface area contributed by atoms with E-state index in [0.717, 1.165) is 25.7 Å². The van der Waals surface area contributed by atoms with E-state index in [0.29, 0.717) is 22.7 Å². The minimum Gasteiger partial charge on any atom is -0.493 e. The van der Waals surface area contributed by atoms with Crippen molar-refractivity contribution in [3.63, 3.8) is 0 Å². The van der Waals surface area contributed by atoms with Crippen LogP contribution in [-0.4, -0.2) is 37.1 Å². The highest BCUT2D eigenvalue weighted by Crippen LogP contribution is 2.36. The van der Waals surface area contributed by atoms with E-state index < -0.39 is 11.9 Å². The van der Waals surface area contributed by atoms with Crippen molar-refractivity contribution in [2.24, 2.45) is 0 Å². The molecule has 0 aliphatic heterocycles. The molecule has 8 nitrogen and oxygen atoms in total. The number of benzene rings is 1. The van der Waals surface area contributed by atoms with E-state index in [4.69, 9.17) is 13.9 Å². The third kappa shape index (κ3) is 4.84. The fourth-order valence-electron chi connectivity index (χ4n) is 4.19. The summed E-state index contributed by atoms with van der Waals surface area (Å²) in [6.45, 7) is 0. The SMILES string of the molecule is COc1ccc(N(C(=O)c2ccco2)[C@@H](C(=O)NC2CCCC2)c2ccncc2)cc1OC. The highest BCUT2D eigenvalue weighted by Gasteiger charge is 2.36. The highest BCUT2D eigenvalue weighted by atomic mass is 16.5. The smallest absolute Gasteiger partial charge is 0.294 e.